The normalized spacial score (nSPS) is 15.7. The lowest BCUT2D eigenvalue weighted by Gasteiger charge is -2.15. The van der Waals surface area contributed by atoms with Crippen molar-refractivity contribution in [3.63, 3.8) is 0 Å². The van der Waals surface area contributed by atoms with E-state index in [1.807, 2.05) is 12.4 Å². The maximum Gasteiger partial charge on any atom is 0.0640 e. The Bertz CT molecular complexity index is 335. The van der Waals surface area contributed by atoms with E-state index in [0.29, 0.717) is 6.54 Å². The summed E-state index contributed by atoms with van der Waals surface area (Å²) in [6, 6.07) is 0.837. The lowest BCUT2D eigenvalue weighted by atomic mass is 10.3. The molecule has 0 aromatic carbocycles. The molecule has 1 aliphatic rings. The van der Waals surface area contributed by atoms with E-state index in [1.165, 1.54) is 18.4 Å². The van der Waals surface area contributed by atoms with Crippen LogP contribution in [0.5, 0.6) is 0 Å². The number of nitrogens with one attached hydrogen (secondary N) is 1. The first kappa shape index (κ1) is 12.5. The molecule has 0 bridgehead atoms. The molecule has 0 unspecified atom stereocenters. The minimum atomic E-state index is 0.140. The highest BCUT2D eigenvalue weighted by Crippen LogP contribution is 2.24. The van der Waals surface area contributed by atoms with Gasteiger partial charge in [-0.3, -0.25) is 4.68 Å². The molecule has 5 nitrogen and oxygen atoms in total. The number of aliphatic hydroxyl groups is 1. The number of rotatable bonds is 8. The van der Waals surface area contributed by atoms with Crippen LogP contribution in [0.2, 0.25) is 0 Å². The molecule has 2 N–H and O–H groups in total. The van der Waals surface area contributed by atoms with E-state index in [2.05, 4.69) is 22.4 Å². The van der Waals surface area contributed by atoms with Crippen molar-refractivity contribution in [1.29, 1.82) is 0 Å². The summed E-state index contributed by atoms with van der Waals surface area (Å²) >= 11 is 0. The summed E-state index contributed by atoms with van der Waals surface area (Å²) in [5.74, 6) is 0. The topological polar surface area (TPSA) is 53.3 Å². The van der Waals surface area contributed by atoms with E-state index in [1.54, 1.807) is 4.68 Å². The average molecular weight is 238 g/mol. The molecule has 1 fully saturated rings. The maximum atomic E-state index is 8.78. The zero-order valence-corrected chi connectivity index (χ0v) is 10.5. The van der Waals surface area contributed by atoms with Crippen molar-refractivity contribution >= 4 is 0 Å². The van der Waals surface area contributed by atoms with Gasteiger partial charge >= 0.3 is 0 Å². The second-order valence-corrected chi connectivity index (χ2v) is 4.72. The Labute approximate surface area is 102 Å². The molecule has 0 saturated heterocycles. The largest absolute Gasteiger partial charge is 0.394 e. The molecule has 17 heavy (non-hydrogen) atoms. The van der Waals surface area contributed by atoms with Crippen LogP contribution in [-0.2, 0) is 13.1 Å². The van der Waals surface area contributed by atoms with Gasteiger partial charge in [0.05, 0.1) is 19.3 Å². The Morgan fingerprint density at radius 3 is 3.12 bits per heavy atom. The highest BCUT2D eigenvalue weighted by atomic mass is 16.3. The van der Waals surface area contributed by atoms with Gasteiger partial charge in [0.25, 0.3) is 0 Å². The van der Waals surface area contributed by atoms with Crippen LogP contribution in [0, 0.1) is 0 Å². The van der Waals surface area contributed by atoms with E-state index in [0.717, 1.165) is 25.7 Å². The SMILES string of the molecule is CN(CCNCc1cnn(CCO)c1)C1CC1. The van der Waals surface area contributed by atoms with Crippen molar-refractivity contribution < 1.29 is 5.11 Å². The number of nitrogens with zero attached hydrogens (tertiary/aromatic N) is 3. The standard InChI is InChI=1S/C12H22N4O/c1-15(12-2-3-12)5-4-13-8-11-9-14-16(10-11)6-7-17/h9-10,12-13,17H,2-8H2,1H3. The predicted octanol–water partition coefficient (Wildman–Crippen LogP) is 0.0592. The third-order valence-electron chi connectivity index (χ3n) is 3.16. The van der Waals surface area contributed by atoms with Crippen molar-refractivity contribution in [2.75, 3.05) is 26.7 Å². The van der Waals surface area contributed by atoms with Gasteiger partial charge < -0.3 is 15.3 Å². The van der Waals surface area contributed by atoms with Crippen LogP contribution in [0.3, 0.4) is 0 Å². The fraction of sp³-hybridized carbons (Fsp3) is 0.750. The van der Waals surface area contributed by atoms with E-state index in [4.69, 9.17) is 5.11 Å². The molecule has 1 aromatic heterocycles. The fourth-order valence-electron chi connectivity index (χ4n) is 1.91. The molecule has 1 aromatic rings. The predicted molar refractivity (Wildman–Crippen MR) is 66.7 cm³/mol. The highest BCUT2D eigenvalue weighted by Gasteiger charge is 2.25. The van der Waals surface area contributed by atoms with Crippen molar-refractivity contribution in [3.05, 3.63) is 18.0 Å². The summed E-state index contributed by atoms with van der Waals surface area (Å²) in [7, 11) is 2.19. The van der Waals surface area contributed by atoms with Gasteiger partial charge in [-0.05, 0) is 19.9 Å². The second-order valence-electron chi connectivity index (χ2n) is 4.72. The molecule has 0 radical (unpaired) electrons. The van der Waals surface area contributed by atoms with Crippen LogP contribution >= 0.6 is 0 Å². The average Bonchev–Trinajstić information content (AvgIpc) is 3.08. The lowest BCUT2D eigenvalue weighted by molar-refractivity contribution is 0.269. The molecular weight excluding hydrogens is 216 g/mol. The Morgan fingerprint density at radius 2 is 2.41 bits per heavy atom. The van der Waals surface area contributed by atoms with Crippen LogP contribution in [0.25, 0.3) is 0 Å². The fourth-order valence-corrected chi connectivity index (χ4v) is 1.91. The first-order valence-corrected chi connectivity index (χ1v) is 6.33. The van der Waals surface area contributed by atoms with Gasteiger partial charge in [-0.1, -0.05) is 0 Å². The summed E-state index contributed by atoms with van der Waals surface area (Å²) in [4.78, 5) is 2.42. The first-order valence-electron chi connectivity index (χ1n) is 6.33. The Kier molecular flexibility index (Phi) is 4.53. The lowest BCUT2D eigenvalue weighted by Crippen LogP contribution is -2.30. The minimum Gasteiger partial charge on any atom is -0.394 e. The molecule has 1 aliphatic carbocycles. The Hall–Kier alpha value is -0.910. The molecule has 0 spiro atoms. The molecular formula is C12H22N4O. The van der Waals surface area contributed by atoms with Gasteiger partial charge in [0.2, 0.25) is 0 Å². The van der Waals surface area contributed by atoms with Crippen molar-refractivity contribution in [2.24, 2.45) is 0 Å². The van der Waals surface area contributed by atoms with Gasteiger partial charge in [-0.25, -0.2) is 0 Å². The monoisotopic (exact) mass is 238 g/mol. The number of hydrogen-bond donors (Lipinski definition) is 2. The van der Waals surface area contributed by atoms with Crippen molar-refractivity contribution in [1.82, 2.24) is 20.0 Å². The molecule has 0 atom stereocenters. The second kappa shape index (κ2) is 6.14. The van der Waals surface area contributed by atoms with Crippen molar-refractivity contribution in [2.45, 2.75) is 32.0 Å². The number of aliphatic hydroxyl groups excluding tert-OH is 1. The molecule has 1 saturated carbocycles. The van der Waals surface area contributed by atoms with Crippen molar-refractivity contribution in [3.8, 4) is 0 Å². The quantitative estimate of drug-likeness (QED) is 0.629. The van der Waals surface area contributed by atoms with Gasteiger partial charge in [0.15, 0.2) is 0 Å². The van der Waals surface area contributed by atoms with Gasteiger partial charge in [0, 0.05) is 37.4 Å². The molecule has 1 heterocycles. The summed E-state index contributed by atoms with van der Waals surface area (Å²) < 4.78 is 1.77. The maximum absolute atomic E-state index is 8.78. The third-order valence-corrected chi connectivity index (χ3v) is 3.16. The number of hydrogen-bond acceptors (Lipinski definition) is 4. The minimum absolute atomic E-state index is 0.140. The summed E-state index contributed by atoms with van der Waals surface area (Å²) in [5.41, 5.74) is 1.17. The molecule has 96 valence electrons. The van der Waals surface area contributed by atoms with Crippen LogP contribution in [0.4, 0.5) is 0 Å². The first-order chi connectivity index (χ1) is 8.29. The zero-order chi connectivity index (χ0) is 12.1. The summed E-state index contributed by atoms with van der Waals surface area (Å²) in [6.07, 6.45) is 6.57. The number of aromatic nitrogens is 2. The molecule has 0 aliphatic heterocycles. The Morgan fingerprint density at radius 1 is 1.59 bits per heavy atom. The van der Waals surface area contributed by atoms with E-state index in [9.17, 15) is 0 Å². The van der Waals surface area contributed by atoms with Gasteiger partial charge in [-0.2, -0.15) is 5.10 Å². The van der Waals surface area contributed by atoms with Crippen LogP contribution < -0.4 is 5.32 Å². The highest BCUT2D eigenvalue weighted by molar-refractivity contribution is 5.03. The Balaban J connectivity index is 1.60. The van der Waals surface area contributed by atoms with E-state index >= 15 is 0 Å². The third kappa shape index (κ3) is 4.11. The summed E-state index contributed by atoms with van der Waals surface area (Å²) in [5, 5.41) is 16.4. The van der Waals surface area contributed by atoms with Crippen LogP contribution in [0.1, 0.15) is 18.4 Å². The molecule has 5 heteroatoms. The van der Waals surface area contributed by atoms with E-state index in [-0.39, 0.29) is 6.61 Å². The van der Waals surface area contributed by atoms with Crippen LogP contribution in [-0.4, -0.2) is 52.6 Å². The smallest absolute Gasteiger partial charge is 0.0640 e. The zero-order valence-electron chi connectivity index (χ0n) is 10.5. The number of likely N-dealkylation sites (N-methyl/N-ethyl adjacent to an activating group) is 1. The molecule has 2 rings (SSSR count). The van der Waals surface area contributed by atoms with Crippen LogP contribution in [0.15, 0.2) is 12.4 Å². The van der Waals surface area contributed by atoms with Gasteiger partial charge in [0.1, 0.15) is 0 Å². The van der Waals surface area contributed by atoms with Gasteiger partial charge in [-0.15, -0.1) is 0 Å². The van der Waals surface area contributed by atoms with E-state index < -0.39 is 0 Å². The molecule has 0 amide bonds. The summed E-state index contributed by atoms with van der Waals surface area (Å²) in [6.45, 7) is 3.68.